The minimum absolute atomic E-state index is 0.410. The van der Waals surface area contributed by atoms with Gasteiger partial charge in [-0.05, 0) is 0 Å². The molecule has 0 spiro atoms. The van der Waals surface area contributed by atoms with Crippen LogP contribution in [-0.4, -0.2) is 19.1 Å². The van der Waals surface area contributed by atoms with Gasteiger partial charge in [-0.2, -0.15) is 0 Å². The van der Waals surface area contributed by atoms with Crippen molar-refractivity contribution in [2.45, 2.75) is 0 Å². The van der Waals surface area contributed by atoms with Crippen LogP contribution in [0.15, 0.2) is 5.38 Å². The SMILES string of the molecule is [B]c1nc(C=O)cs1. The predicted molar refractivity (Wildman–Crippen MR) is 32.9 cm³/mol. The lowest BCUT2D eigenvalue weighted by molar-refractivity contribution is 0.112. The minimum Gasteiger partial charge on any atom is -0.296 e. The largest absolute Gasteiger partial charge is 0.296 e. The van der Waals surface area contributed by atoms with Crippen LogP contribution in [0.3, 0.4) is 0 Å². The molecule has 1 rings (SSSR count). The van der Waals surface area contributed by atoms with E-state index in [-0.39, 0.29) is 0 Å². The van der Waals surface area contributed by atoms with Crippen LogP contribution in [0.1, 0.15) is 10.5 Å². The van der Waals surface area contributed by atoms with Crippen molar-refractivity contribution in [2.24, 2.45) is 0 Å². The highest BCUT2D eigenvalue weighted by Crippen LogP contribution is 1.92. The third-order valence-electron chi connectivity index (χ3n) is 0.660. The van der Waals surface area contributed by atoms with E-state index in [1.54, 1.807) is 5.38 Å². The molecule has 8 heavy (non-hydrogen) atoms. The van der Waals surface area contributed by atoms with Gasteiger partial charge in [0.25, 0.3) is 0 Å². The van der Waals surface area contributed by atoms with Gasteiger partial charge in [-0.1, -0.05) is 0 Å². The van der Waals surface area contributed by atoms with Crippen molar-refractivity contribution in [3.05, 3.63) is 11.1 Å². The maximum absolute atomic E-state index is 9.91. The smallest absolute Gasteiger partial charge is 0.169 e. The molecule has 0 fully saturated rings. The van der Waals surface area contributed by atoms with Gasteiger partial charge in [0.2, 0.25) is 0 Å². The Morgan fingerprint density at radius 2 is 2.62 bits per heavy atom. The van der Waals surface area contributed by atoms with E-state index >= 15 is 0 Å². The van der Waals surface area contributed by atoms with Gasteiger partial charge in [0.1, 0.15) is 5.69 Å². The quantitative estimate of drug-likeness (QED) is 0.380. The van der Waals surface area contributed by atoms with Crippen molar-refractivity contribution in [2.75, 3.05) is 0 Å². The molecule has 4 heteroatoms. The molecule has 1 aromatic heterocycles. The summed E-state index contributed by atoms with van der Waals surface area (Å²) in [6.45, 7) is 0. The number of aromatic nitrogens is 1. The van der Waals surface area contributed by atoms with Crippen LogP contribution in [0.2, 0.25) is 0 Å². The lowest BCUT2D eigenvalue weighted by Gasteiger charge is -1.71. The fraction of sp³-hybridized carbons (Fsp3) is 0. The minimum atomic E-state index is 0.410. The number of nitrogens with zero attached hydrogens (tertiary/aromatic N) is 1. The number of aldehydes is 1. The summed E-state index contributed by atoms with van der Waals surface area (Å²) >= 11 is 1.26. The summed E-state index contributed by atoms with van der Waals surface area (Å²) in [5.41, 5.74) is 0.410. The van der Waals surface area contributed by atoms with E-state index < -0.39 is 0 Å². The molecule has 0 bridgehead atoms. The fourth-order valence-corrected chi connectivity index (χ4v) is 0.863. The molecule has 0 aromatic carbocycles. The highest BCUT2D eigenvalue weighted by atomic mass is 32.1. The Morgan fingerprint density at radius 1 is 1.88 bits per heavy atom. The molecule has 2 nitrogen and oxygen atoms in total. The van der Waals surface area contributed by atoms with E-state index in [2.05, 4.69) is 4.98 Å². The molecule has 0 atom stereocenters. The maximum Gasteiger partial charge on any atom is 0.169 e. The molecule has 0 aliphatic carbocycles. The summed E-state index contributed by atoms with van der Waals surface area (Å²) in [7, 11) is 5.20. The molecule has 0 saturated heterocycles. The van der Waals surface area contributed by atoms with Crippen LogP contribution in [-0.2, 0) is 0 Å². The molecule has 1 aromatic rings. The zero-order chi connectivity index (χ0) is 5.98. The Kier molecular flexibility index (Phi) is 1.44. The van der Waals surface area contributed by atoms with Crippen LogP contribution < -0.4 is 4.91 Å². The van der Waals surface area contributed by atoms with E-state index in [0.29, 0.717) is 16.9 Å². The highest BCUT2D eigenvalue weighted by Gasteiger charge is 1.91. The molecule has 1 heterocycles. The first-order chi connectivity index (χ1) is 3.83. The first-order valence-corrected chi connectivity index (χ1v) is 2.87. The van der Waals surface area contributed by atoms with E-state index in [4.69, 9.17) is 7.85 Å². The molecular formula is C4H2BNOS. The van der Waals surface area contributed by atoms with Crippen molar-refractivity contribution >= 4 is 30.4 Å². The Morgan fingerprint density at radius 3 is 2.88 bits per heavy atom. The lowest BCUT2D eigenvalue weighted by Crippen LogP contribution is -1.98. The molecule has 0 aliphatic heterocycles. The molecule has 0 saturated carbocycles. The molecule has 0 unspecified atom stereocenters. The van der Waals surface area contributed by atoms with Crippen molar-refractivity contribution in [1.29, 1.82) is 0 Å². The number of carbonyl (C=O) groups excluding carboxylic acids is 1. The second kappa shape index (κ2) is 2.09. The second-order valence-electron chi connectivity index (χ2n) is 1.23. The molecule has 0 aliphatic rings. The third kappa shape index (κ3) is 0.951. The molecular weight excluding hydrogens is 121 g/mol. The van der Waals surface area contributed by atoms with Gasteiger partial charge in [-0.25, -0.2) is 0 Å². The van der Waals surface area contributed by atoms with E-state index in [9.17, 15) is 4.79 Å². The van der Waals surface area contributed by atoms with Gasteiger partial charge < -0.3 is 0 Å². The van der Waals surface area contributed by atoms with E-state index in [1.807, 2.05) is 0 Å². The monoisotopic (exact) mass is 123 g/mol. The van der Waals surface area contributed by atoms with Crippen LogP contribution in [0.5, 0.6) is 0 Å². The second-order valence-corrected chi connectivity index (χ2v) is 2.12. The van der Waals surface area contributed by atoms with Gasteiger partial charge in [-0.3, -0.25) is 9.78 Å². The fourth-order valence-electron chi connectivity index (χ4n) is 0.355. The number of rotatable bonds is 1. The number of thiazole rings is 1. The zero-order valence-electron chi connectivity index (χ0n) is 4.00. The van der Waals surface area contributed by atoms with Crippen molar-refractivity contribution in [3.8, 4) is 0 Å². The summed E-state index contributed by atoms with van der Waals surface area (Å²) in [5, 5.41) is 1.61. The van der Waals surface area contributed by atoms with Crippen LogP contribution >= 0.6 is 11.3 Å². The zero-order valence-corrected chi connectivity index (χ0v) is 4.81. The third-order valence-corrected chi connectivity index (χ3v) is 1.35. The van der Waals surface area contributed by atoms with Crippen molar-refractivity contribution in [1.82, 2.24) is 4.98 Å². The first-order valence-electron chi connectivity index (χ1n) is 1.99. The lowest BCUT2D eigenvalue weighted by atomic mass is 10.2. The molecule has 38 valence electrons. The Bertz CT molecular complexity index is 198. The number of carbonyl (C=O) groups is 1. The summed E-state index contributed by atoms with van der Waals surface area (Å²) in [4.78, 5) is 14.0. The number of hydrogen-bond donors (Lipinski definition) is 0. The van der Waals surface area contributed by atoms with Crippen molar-refractivity contribution in [3.63, 3.8) is 0 Å². The Hall–Kier alpha value is -0.635. The van der Waals surface area contributed by atoms with Crippen LogP contribution in [0, 0.1) is 0 Å². The van der Waals surface area contributed by atoms with Gasteiger partial charge >= 0.3 is 0 Å². The normalized spacial score (nSPS) is 9.00. The molecule has 0 N–H and O–H groups in total. The topological polar surface area (TPSA) is 30.0 Å². The van der Waals surface area contributed by atoms with Gasteiger partial charge in [0.05, 0.1) is 0 Å². The summed E-state index contributed by atoms with van der Waals surface area (Å²) in [6, 6.07) is 0. The summed E-state index contributed by atoms with van der Waals surface area (Å²) < 4.78 is 0. The molecule has 2 radical (unpaired) electrons. The first kappa shape index (κ1) is 5.50. The van der Waals surface area contributed by atoms with Crippen LogP contribution in [0.4, 0.5) is 0 Å². The maximum atomic E-state index is 9.91. The average Bonchev–Trinajstić information content (AvgIpc) is 2.14. The van der Waals surface area contributed by atoms with Crippen LogP contribution in [0.25, 0.3) is 0 Å². The Balaban J connectivity index is 3.00. The van der Waals surface area contributed by atoms with Crippen molar-refractivity contribution < 1.29 is 4.79 Å². The van der Waals surface area contributed by atoms with E-state index in [1.165, 1.54) is 11.3 Å². The predicted octanol–water partition coefficient (Wildman–Crippen LogP) is -0.251. The number of hydrogen-bond acceptors (Lipinski definition) is 3. The standard InChI is InChI=1S/C4H2BNOS/c5-4-6-3(1-7)2-8-4/h1-2H. The van der Waals surface area contributed by atoms with Gasteiger partial charge in [-0.15, -0.1) is 11.3 Å². The Labute approximate surface area is 52.0 Å². The van der Waals surface area contributed by atoms with E-state index in [0.717, 1.165) is 0 Å². The highest BCUT2D eigenvalue weighted by molar-refractivity contribution is 7.17. The summed E-state index contributed by atoms with van der Waals surface area (Å²) in [6.07, 6.45) is 0.673. The van der Waals surface area contributed by atoms with Gasteiger partial charge in [0.15, 0.2) is 14.1 Å². The average molecular weight is 123 g/mol. The van der Waals surface area contributed by atoms with Gasteiger partial charge in [0, 0.05) is 10.3 Å². The summed E-state index contributed by atoms with van der Waals surface area (Å²) in [5.74, 6) is 0. The molecule has 0 amide bonds.